The van der Waals surface area contributed by atoms with Crippen LogP contribution in [0.1, 0.15) is 30.1 Å². The van der Waals surface area contributed by atoms with Gasteiger partial charge in [0, 0.05) is 51.2 Å². The van der Waals surface area contributed by atoms with E-state index < -0.39 is 0 Å². The second kappa shape index (κ2) is 7.67. The summed E-state index contributed by atoms with van der Waals surface area (Å²) >= 11 is 0. The van der Waals surface area contributed by atoms with E-state index in [4.69, 9.17) is 4.98 Å². The number of likely N-dealkylation sites (tertiary alicyclic amines) is 1. The lowest BCUT2D eigenvalue weighted by Gasteiger charge is -2.26. The zero-order valence-corrected chi connectivity index (χ0v) is 16.5. The molecule has 0 amide bonds. The molecule has 0 unspecified atom stereocenters. The summed E-state index contributed by atoms with van der Waals surface area (Å²) in [4.78, 5) is 13.7. The van der Waals surface area contributed by atoms with Crippen molar-refractivity contribution in [1.82, 2.24) is 24.6 Å². The predicted octanol–water partition coefficient (Wildman–Crippen LogP) is 3.42. The van der Waals surface area contributed by atoms with Crippen LogP contribution in [0.5, 0.6) is 0 Å². The Kier molecular flexibility index (Phi) is 5.09. The lowest BCUT2D eigenvalue weighted by molar-refractivity contribution is 0.245. The first-order valence-corrected chi connectivity index (χ1v) is 9.53. The van der Waals surface area contributed by atoms with Crippen LogP contribution in [0.4, 0.5) is 10.3 Å². The number of anilines is 1. The molecule has 1 saturated heterocycles. The molecule has 3 aromatic rings. The molecule has 0 N–H and O–H groups in total. The van der Waals surface area contributed by atoms with E-state index in [0.29, 0.717) is 5.95 Å². The molecule has 146 valence electrons. The molecule has 7 heteroatoms. The molecule has 6 nitrogen and oxygen atoms in total. The Hall–Kier alpha value is -2.80. The van der Waals surface area contributed by atoms with Crippen molar-refractivity contribution in [2.45, 2.75) is 25.4 Å². The van der Waals surface area contributed by atoms with Gasteiger partial charge in [-0.15, -0.1) is 0 Å². The van der Waals surface area contributed by atoms with Gasteiger partial charge in [-0.3, -0.25) is 9.58 Å². The van der Waals surface area contributed by atoms with Crippen molar-refractivity contribution in [3.63, 3.8) is 0 Å². The van der Waals surface area contributed by atoms with Crippen LogP contribution in [-0.2, 0) is 13.6 Å². The first-order chi connectivity index (χ1) is 13.5. The quantitative estimate of drug-likeness (QED) is 0.679. The summed E-state index contributed by atoms with van der Waals surface area (Å²) in [6, 6.07) is 6.83. The Morgan fingerprint density at radius 2 is 2.11 bits per heavy atom. The summed E-state index contributed by atoms with van der Waals surface area (Å²) in [5, 5.41) is 4.28. The molecule has 0 bridgehead atoms. The molecule has 0 radical (unpaired) electrons. The number of benzene rings is 1. The zero-order chi connectivity index (χ0) is 19.7. The molecular formula is C21H25FN6. The van der Waals surface area contributed by atoms with Crippen LogP contribution in [0.3, 0.4) is 0 Å². The molecule has 0 aliphatic carbocycles. The monoisotopic (exact) mass is 380 g/mol. The minimum atomic E-state index is -0.251. The van der Waals surface area contributed by atoms with Crippen LogP contribution in [0.2, 0.25) is 0 Å². The van der Waals surface area contributed by atoms with Gasteiger partial charge in [-0.1, -0.05) is 12.1 Å². The summed E-state index contributed by atoms with van der Waals surface area (Å²) < 4.78 is 15.7. The Bertz CT molecular complexity index is 967. The predicted molar refractivity (Wildman–Crippen MR) is 107 cm³/mol. The van der Waals surface area contributed by atoms with E-state index in [1.807, 2.05) is 55.4 Å². The second-order valence-electron chi connectivity index (χ2n) is 7.52. The van der Waals surface area contributed by atoms with Crippen LogP contribution >= 0.6 is 0 Å². The first kappa shape index (κ1) is 18.6. The molecule has 1 aliphatic heterocycles. The fraction of sp³-hybridized carbons (Fsp3) is 0.381. The lowest BCUT2D eigenvalue weighted by atomic mass is 9.99. The molecule has 4 rings (SSSR count). The van der Waals surface area contributed by atoms with Crippen LogP contribution in [-0.4, -0.2) is 45.3 Å². The summed E-state index contributed by atoms with van der Waals surface area (Å²) in [5.41, 5.74) is 3.86. The third-order valence-corrected chi connectivity index (χ3v) is 5.16. The summed E-state index contributed by atoms with van der Waals surface area (Å²) in [6.07, 6.45) is 7.91. The number of hydrogen-bond donors (Lipinski definition) is 0. The van der Waals surface area contributed by atoms with E-state index >= 15 is 0 Å². The molecule has 1 aliphatic rings. The lowest BCUT2D eigenvalue weighted by Crippen LogP contribution is -2.25. The minimum absolute atomic E-state index is 0.167. The van der Waals surface area contributed by atoms with E-state index in [0.717, 1.165) is 42.8 Å². The molecule has 1 aromatic carbocycles. The molecule has 2 aromatic heterocycles. The van der Waals surface area contributed by atoms with Gasteiger partial charge in [0.05, 0.1) is 17.9 Å². The topological polar surface area (TPSA) is 50.1 Å². The number of nitrogens with zero attached hydrogens (tertiary/aromatic N) is 6. The van der Waals surface area contributed by atoms with E-state index in [2.05, 4.69) is 15.0 Å². The smallest absolute Gasteiger partial charge is 0.225 e. The van der Waals surface area contributed by atoms with Crippen molar-refractivity contribution in [3.05, 3.63) is 59.9 Å². The van der Waals surface area contributed by atoms with Crippen LogP contribution in [0, 0.1) is 5.82 Å². The van der Waals surface area contributed by atoms with E-state index in [-0.39, 0.29) is 11.9 Å². The number of rotatable bonds is 5. The molecular weight excluding hydrogens is 355 g/mol. The Balaban J connectivity index is 1.74. The average Bonchev–Trinajstić information content (AvgIpc) is 3.30. The summed E-state index contributed by atoms with van der Waals surface area (Å²) in [6.45, 7) is 1.83. The highest BCUT2D eigenvalue weighted by molar-refractivity contribution is 5.66. The van der Waals surface area contributed by atoms with Gasteiger partial charge >= 0.3 is 0 Å². The summed E-state index contributed by atoms with van der Waals surface area (Å²) in [7, 11) is 5.80. The number of aryl methyl sites for hydroxylation is 1. The normalized spacial score (nSPS) is 17.2. The van der Waals surface area contributed by atoms with Gasteiger partial charge in [-0.05, 0) is 37.1 Å². The van der Waals surface area contributed by atoms with E-state index in [1.54, 1.807) is 12.1 Å². The van der Waals surface area contributed by atoms with E-state index in [9.17, 15) is 4.39 Å². The standard InChI is InChI=1S/C21H25FN6/c1-26(2)21-23-12-18(16-6-4-7-17(22)10-16)20(25-21)19-8-5-9-28(19)14-15-11-24-27(3)13-15/h4,6-7,10-13,19H,5,8-9,14H2,1-3H3/t19-/m1/s1. The van der Waals surface area contributed by atoms with Crippen LogP contribution in [0.15, 0.2) is 42.9 Å². The maximum Gasteiger partial charge on any atom is 0.225 e. The zero-order valence-electron chi connectivity index (χ0n) is 16.5. The number of halogens is 1. The number of hydrogen-bond acceptors (Lipinski definition) is 5. The van der Waals surface area contributed by atoms with Crippen molar-refractivity contribution < 1.29 is 4.39 Å². The van der Waals surface area contributed by atoms with Crippen molar-refractivity contribution in [1.29, 1.82) is 0 Å². The van der Waals surface area contributed by atoms with Gasteiger partial charge in [0.15, 0.2) is 0 Å². The summed E-state index contributed by atoms with van der Waals surface area (Å²) in [5.74, 6) is 0.419. The molecule has 3 heterocycles. The SMILES string of the molecule is CN(C)c1ncc(-c2cccc(F)c2)c([C@H]2CCCN2Cc2cnn(C)c2)n1. The minimum Gasteiger partial charge on any atom is -0.347 e. The van der Waals surface area contributed by atoms with Gasteiger partial charge in [0.25, 0.3) is 0 Å². The Morgan fingerprint density at radius 3 is 2.82 bits per heavy atom. The Labute approximate surface area is 164 Å². The van der Waals surface area contributed by atoms with Crippen molar-refractivity contribution >= 4 is 5.95 Å². The van der Waals surface area contributed by atoms with E-state index in [1.165, 1.54) is 11.6 Å². The highest BCUT2D eigenvalue weighted by Crippen LogP contribution is 2.38. The highest BCUT2D eigenvalue weighted by Gasteiger charge is 2.30. The maximum atomic E-state index is 13.9. The van der Waals surface area contributed by atoms with Gasteiger partial charge in [0.2, 0.25) is 5.95 Å². The van der Waals surface area contributed by atoms with Crippen molar-refractivity contribution in [3.8, 4) is 11.1 Å². The van der Waals surface area contributed by atoms with Gasteiger partial charge < -0.3 is 4.90 Å². The molecule has 0 spiro atoms. The molecule has 1 fully saturated rings. The third-order valence-electron chi connectivity index (χ3n) is 5.16. The fourth-order valence-electron chi connectivity index (χ4n) is 3.85. The first-order valence-electron chi connectivity index (χ1n) is 9.53. The average molecular weight is 380 g/mol. The van der Waals surface area contributed by atoms with Crippen molar-refractivity contribution in [2.24, 2.45) is 7.05 Å². The second-order valence-corrected chi connectivity index (χ2v) is 7.52. The van der Waals surface area contributed by atoms with Gasteiger partial charge in [-0.2, -0.15) is 5.10 Å². The maximum absolute atomic E-state index is 13.9. The van der Waals surface area contributed by atoms with Gasteiger partial charge in [0.1, 0.15) is 5.82 Å². The van der Waals surface area contributed by atoms with Gasteiger partial charge in [-0.25, -0.2) is 14.4 Å². The third kappa shape index (κ3) is 3.75. The fourth-order valence-corrected chi connectivity index (χ4v) is 3.85. The van der Waals surface area contributed by atoms with Crippen molar-refractivity contribution in [2.75, 3.05) is 25.5 Å². The Morgan fingerprint density at radius 1 is 1.25 bits per heavy atom. The van der Waals surface area contributed by atoms with Crippen LogP contribution < -0.4 is 4.90 Å². The largest absolute Gasteiger partial charge is 0.347 e. The number of aromatic nitrogens is 4. The molecule has 0 saturated carbocycles. The highest BCUT2D eigenvalue weighted by atomic mass is 19.1. The van der Waals surface area contributed by atoms with Crippen LogP contribution in [0.25, 0.3) is 11.1 Å². The molecule has 28 heavy (non-hydrogen) atoms. The molecule has 1 atom stereocenters.